The first kappa shape index (κ1) is 17.0. The molecule has 0 saturated carbocycles. The highest BCUT2D eigenvalue weighted by Gasteiger charge is 2.39. The molecule has 0 aliphatic rings. The summed E-state index contributed by atoms with van der Waals surface area (Å²) in [6.07, 6.45) is 0. The molecule has 0 saturated heterocycles. The van der Waals surface area contributed by atoms with Crippen LogP contribution < -0.4 is 5.32 Å². The van der Waals surface area contributed by atoms with E-state index in [1.54, 1.807) is 12.1 Å². The number of carbonyl (C=O) groups is 1. The van der Waals surface area contributed by atoms with Crippen molar-refractivity contribution >= 4 is 17.1 Å². The monoisotopic (exact) mass is 346 g/mol. The fourth-order valence-corrected chi connectivity index (χ4v) is 2.61. The van der Waals surface area contributed by atoms with Crippen LogP contribution in [0.4, 0.5) is 8.78 Å². The van der Waals surface area contributed by atoms with Gasteiger partial charge in [-0.15, -0.1) is 0 Å². The Bertz CT molecular complexity index is 893. The van der Waals surface area contributed by atoms with E-state index in [4.69, 9.17) is 9.15 Å². The van der Waals surface area contributed by atoms with Crippen LogP contribution in [0.2, 0.25) is 0 Å². The van der Waals surface area contributed by atoms with Gasteiger partial charge in [-0.1, -0.05) is 12.1 Å². The van der Waals surface area contributed by atoms with E-state index in [1.165, 1.54) is 14.0 Å². The van der Waals surface area contributed by atoms with Gasteiger partial charge >= 0.3 is 5.97 Å². The summed E-state index contributed by atoms with van der Waals surface area (Å²) in [5, 5.41) is 2.87. The van der Waals surface area contributed by atoms with Gasteiger partial charge in [0.25, 0.3) is 0 Å². The third-order valence-corrected chi connectivity index (χ3v) is 3.99. The van der Waals surface area contributed by atoms with E-state index in [9.17, 15) is 13.6 Å². The highest BCUT2D eigenvalue weighted by molar-refractivity contribution is 5.82. The number of methoxy groups -OCH3 is 1. The Balaban J connectivity index is 1.93. The van der Waals surface area contributed by atoms with Crippen molar-refractivity contribution in [3.63, 3.8) is 0 Å². The van der Waals surface area contributed by atoms with Crippen LogP contribution in [-0.4, -0.2) is 18.1 Å². The molecule has 0 unspecified atom stereocenters. The molecule has 0 bridgehead atoms. The van der Waals surface area contributed by atoms with Crippen molar-refractivity contribution in [1.82, 2.24) is 10.3 Å². The first-order valence-corrected chi connectivity index (χ1v) is 7.57. The lowest BCUT2D eigenvalue weighted by molar-refractivity contribution is -0.148. The van der Waals surface area contributed by atoms with Gasteiger partial charge in [0.05, 0.1) is 13.7 Å². The Hall–Kier alpha value is -2.80. The van der Waals surface area contributed by atoms with Gasteiger partial charge in [0.2, 0.25) is 5.89 Å². The molecule has 130 valence electrons. The van der Waals surface area contributed by atoms with E-state index in [2.05, 4.69) is 10.3 Å². The molecule has 1 N–H and O–H groups in total. The number of ether oxygens (including phenoxy) is 1. The van der Waals surface area contributed by atoms with Gasteiger partial charge in [-0.3, -0.25) is 5.32 Å². The van der Waals surface area contributed by atoms with Crippen molar-refractivity contribution in [2.24, 2.45) is 0 Å². The van der Waals surface area contributed by atoms with Crippen LogP contribution in [-0.2, 0) is 21.6 Å². The minimum absolute atomic E-state index is 0.0240. The van der Waals surface area contributed by atoms with E-state index in [0.717, 1.165) is 18.2 Å². The highest BCUT2D eigenvalue weighted by atomic mass is 19.1. The molecular formula is C18H16F2N2O3. The molecule has 0 fully saturated rings. The number of benzene rings is 2. The van der Waals surface area contributed by atoms with E-state index in [0.29, 0.717) is 17.0 Å². The standard InChI is InChI=1S/C18H16F2N2O3/c1-18(17(23)24-2,12-9-11(19)7-8-13(12)20)21-10-16-22-14-5-3-4-6-15(14)25-16/h3-9,21H,10H2,1-2H3/t18-/m0/s1. The number of nitrogens with zero attached hydrogens (tertiary/aromatic N) is 1. The average Bonchev–Trinajstić information content (AvgIpc) is 3.04. The molecule has 25 heavy (non-hydrogen) atoms. The summed E-state index contributed by atoms with van der Waals surface area (Å²) in [6.45, 7) is 1.44. The minimum atomic E-state index is -1.61. The molecule has 3 rings (SSSR count). The number of carbonyl (C=O) groups excluding carboxylic acids is 1. The van der Waals surface area contributed by atoms with Crippen LogP contribution in [0.5, 0.6) is 0 Å². The number of para-hydroxylation sites is 2. The van der Waals surface area contributed by atoms with Crippen molar-refractivity contribution in [2.45, 2.75) is 19.0 Å². The summed E-state index contributed by atoms with van der Waals surface area (Å²) in [5.74, 6) is -1.82. The van der Waals surface area contributed by atoms with Crippen molar-refractivity contribution < 1.29 is 22.7 Å². The quantitative estimate of drug-likeness (QED) is 0.718. The van der Waals surface area contributed by atoms with Gasteiger partial charge in [0.1, 0.15) is 22.7 Å². The van der Waals surface area contributed by atoms with E-state index >= 15 is 0 Å². The number of rotatable bonds is 5. The lowest BCUT2D eigenvalue weighted by Gasteiger charge is -2.28. The highest BCUT2D eigenvalue weighted by Crippen LogP contribution is 2.27. The zero-order chi connectivity index (χ0) is 18.0. The van der Waals surface area contributed by atoms with Crippen LogP contribution in [0, 0.1) is 11.6 Å². The molecule has 5 nitrogen and oxygen atoms in total. The summed E-state index contributed by atoms with van der Waals surface area (Å²) in [4.78, 5) is 16.6. The third-order valence-electron chi connectivity index (χ3n) is 3.99. The number of fused-ring (bicyclic) bond motifs is 1. The summed E-state index contributed by atoms with van der Waals surface area (Å²) >= 11 is 0. The number of hydrogen-bond donors (Lipinski definition) is 1. The smallest absolute Gasteiger partial charge is 0.330 e. The lowest BCUT2D eigenvalue weighted by atomic mass is 9.91. The summed E-state index contributed by atoms with van der Waals surface area (Å²) in [5.41, 5.74) is -0.510. The predicted molar refractivity (Wildman–Crippen MR) is 86.6 cm³/mol. The number of aromatic nitrogens is 1. The van der Waals surface area contributed by atoms with E-state index < -0.39 is 23.1 Å². The lowest BCUT2D eigenvalue weighted by Crippen LogP contribution is -2.47. The van der Waals surface area contributed by atoms with E-state index in [-0.39, 0.29) is 12.1 Å². The summed E-state index contributed by atoms with van der Waals surface area (Å²) < 4.78 is 38.1. The summed E-state index contributed by atoms with van der Waals surface area (Å²) in [6, 6.07) is 10.1. The maximum atomic E-state index is 14.2. The summed E-state index contributed by atoms with van der Waals surface area (Å²) in [7, 11) is 1.18. The first-order valence-electron chi connectivity index (χ1n) is 7.57. The van der Waals surface area contributed by atoms with E-state index in [1.807, 2.05) is 12.1 Å². The molecule has 2 aromatic carbocycles. The zero-order valence-electron chi connectivity index (χ0n) is 13.7. The molecule has 3 aromatic rings. The van der Waals surface area contributed by atoms with Crippen LogP contribution in [0.1, 0.15) is 18.4 Å². The zero-order valence-corrected chi connectivity index (χ0v) is 13.7. The van der Waals surface area contributed by atoms with Crippen molar-refractivity contribution in [3.8, 4) is 0 Å². The molecule has 7 heteroatoms. The number of hydrogen-bond acceptors (Lipinski definition) is 5. The average molecular weight is 346 g/mol. The SMILES string of the molecule is COC(=O)[C@@](C)(NCc1nc2ccccc2o1)c1cc(F)ccc1F. The molecule has 0 aliphatic heterocycles. The second kappa shape index (κ2) is 6.60. The van der Waals surface area contributed by atoms with Crippen molar-refractivity contribution in [2.75, 3.05) is 7.11 Å². The topological polar surface area (TPSA) is 64.4 Å². The molecule has 0 spiro atoms. The second-order valence-electron chi connectivity index (χ2n) is 5.67. The van der Waals surface area contributed by atoms with Gasteiger partial charge in [0.15, 0.2) is 5.58 Å². The third kappa shape index (κ3) is 3.23. The second-order valence-corrected chi connectivity index (χ2v) is 5.67. The van der Waals surface area contributed by atoms with Crippen LogP contribution in [0.15, 0.2) is 46.9 Å². The van der Waals surface area contributed by atoms with Crippen LogP contribution in [0.25, 0.3) is 11.1 Å². The Morgan fingerprint density at radius 1 is 1.28 bits per heavy atom. The molecule has 0 amide bonds. The molecular weight excluding hydrogens is 330 g/mol. The fraction of sp³-hybridized carbons (Fsp3) is 0.222. The molecule has 0 radical (unpaired) electrons. The Morgan fingerprint density at radius 3 is 2.76 bits per heavy atom. The van der Waals surface area contributed by atoms with Gasteiger partial charge in [-0.25, -0.2) is 18.6 Å². The maximum absolute atomic E-state index is 14.2. The normalized spacial score (nSPS) is 13.6. The maximum Gasteiger partial charge on any atom is 0.330 e. The number of halogens is 2. The molecule has 1 atom stereocenters. The molecule has 1 heterocycles. The first-order chi connectivity index (χ1) is 11.9. The van der Waals surface area contributed by atoms with Crippen molar-refractivity contribution in [1.29, 1.82) is 0 Å². The molecule has 1 aromatic heterocycles. The van der Waals surface area contributed by atoms with Gasteiger partial charge in [-0.2, -0.15) is 0 Å². The molecule has 0 aliphatic carbocycles. The Labute approximate surface area is 142 Å². The van der Waals surface area contributed by atoms with Gasteiger partial charge in [-0.05, 0) is 37.3 Å². The minimum Gasteiger partial charge on any atom is -0.467 e. The Kier molecular flexibility index (Phi) is 4.50. The number of nitrogens with one attached hydrogen (secondary N) is 1. The van der Waals surface area contributed by atoms with Crippen LogP contribution in [0.3, 0.4) is 0 Å². The number of oxazole rings is 1. The van der Waals surface area contributed by atoms with Gasteiger partial charge < -0.3 is 9.15 Å². The van der Waals surface area contributed by atoms with Gasteiger partial charge in [0, 0.05) is 5.56 Å². The number of esters is 1. The fourth-order valence-electron chi connectivity index (χ4n) is 2.61. The van der Waals surface area contributed by atoms with Crippen molar-refractivity contribution in [3.05, 3.63) is 65.6 Å². The predicted octanol–water partition coefficient (Wildman–Crippen LogP) is 3.28. The Morgan fingerprint density at radius 2 is 2.04 bits per heavy atom. The largest absolute Gasteiger partial charge is 0.467 e. The van der Waals surface area contributed by atoms with Crippen LogP contribution >= 0.6 is 0 Å².